The van der Waals surface area contributed by atoms with E-state index in [1.54, 1.807) is 10.8 Å². The Balaban J connectivity index is 1.60. The maximum absolute atomic E-state index is 10.5. The molecule has 126 valence electrons. The quantitative estimate of drug-likeness (QED) is 0.764. The second-order valence-corrected chi connectivity index (χ2v) is 6.34. The van der Waals surface area contributed by atoms with Crippen LogP contribution < -0.4 is 4.90 Å². The molecule has 0 amide bonds. The molecule has 2 atom stereocenters. The van der Waals surface area contributed by atoms with E-state index >= 15 is 0 Å². The maximum atomic E-state index is 10.5. The fraction of sp³-hybridized carbons (Fsp3) is 0.500. The Labute approximate surface area is 139 Å². The van der Waals surface area contributed by atoms with Crippen molar-refractivity contribution in [1.29, 1.82) is 0 Å². The molecule has 3 aromatic heterocycles. The van der Waals surface area contributed by atoms with E-state index in [-0.39, 0.29) is 5.92 Å². The standard InChI is InChI=1S/C16H20N6O2/c1-3-12-6-14(16-18-17-9-22(16)19-12)21-7-11(15(23)8-21)5-13-4-10(2)20-24-13/h4,6,9,11,15,23H,3,5,7-8H2,1-2H3/t11-,15-/m1/s1. The summed E-state index contributed by atoms with van der Waals surface area (Å²) >= 11 is 0. The van der Waals surface area contributed by atoms with Gasteiger partial charge in [-0.15, -0.1) is 10.2 Å². The lowest BCUT2D eigenvalue weighted by Crippen LogP contribution is -2.22. The molecule has 4 rings (SSSR count). The van der Waals surface area contributed by atoms with Crippen molar-refractivity contribution in [3.63, 3.8) is 0 Å². The molecule has 8 nitrogen and oxygen atoms in total. The van der Waals surface area contributed by atoms with Gasteiger partial charge in [-0.05, 0) is 19.4 Å². The van der Waals surface area contributed by atoms with Crippen molar-refractivity contribution in [2.75, 3.05) is 18.0 Å². The van der Waals surface area contributed by atoms with Crippen LogP contribution in [0.3, 0.4) is 0 Å². The molecule has 0 aromatic carbocycles. The number of fused-ring (bicyclic) bond motifs is 1. The average Bonchev–Trinajstić information content (AvgIpc) is 3.28. The van der Waals surface area contributed by atoms with Crippen LogP contribution in [0.15, 0.2) is 23.0 Å². The highest BCUT2D eigenvalue weighted by molar-refractivity contribution is 5.68. The monoisotopic (exact) mass is 328 g/mol. The predicted octanol–water partition coefficient (Wildman–Crippen LogP) is 1.02. The summed E-state index contributed by atoms with van der Waals surface area (Å²) in [6, 6.07) is 3.96. The van der Waals surface area contributed by atoms with Gasteiger partial charge in [0.1, 0.15) is 12.1 Å². The third-order valence-corrected chi connectivity index (χ3v) is 4.55. The molecule has 1 fully saturated rings. The molecule has 8 heteroatoms. The molecule has 0 spiro atoms. The molecule has 0 saturated carbocycles. The summed E-state index contributed by atoms with van der Waals surface area (Å²) in [4.78, 5) is 2.16. The number of hydrogen-bond donors (Lipinski definition) is 1. The van der Waals surface area contributed by atoms with Gasteiger partial charge in [-0.25, -0.2) is 0 Å². The van der Waals surface area contributed by atoms with E-state index < -0.39 is 6.10 Å². The lowest BCUT2D eigenvalue weighted by molar-refractivity contribution is 0.143. The number of nitrogens with zero attached hydrogens (tertiary/aromatic N) is 6. The summed E-state index contributed by atoms with van der Waals surface area (Å²) in [5, 5.41) is 27.0. The van der Waals surface area contributed by atoms with Crippen molar-refractivity contribution in [1.82, 2.24) is 25.0 Å². The van der Waals surface area contributed by atoms with Crippen molar-refractivity contribution in [2.45, 2.75) is 32.8 Å². The van der Waals surface area contributed by atoms with Crippen LogP contribution in [0.5, 0.6) is 0 Å². The zero-order valence-electron chi connectivity index (χ0n) is 13.8. The molecule has 3 aromatic rings. The van der Waals surface area contributed by atoms with E-state index in [2.05, 4.69) is 32.3 Å². The molecule has 0 radical (unpaired) electrons. The SMILES string of the molecule is CCc1cc(N2C[C@@H](Cc3cc(C)no3)[C@H](O)C2)c2nncn2n1. The van der Waals surface area contributed by atoms with Gasteiger partial charge in [-0.2, -0.15) is 9.61 Å². The van der Waals surface area contributed by atoms with Gasteiger partial charge < -0.3 is 14.5 Å². The van der Waals surface area contributed by atoms with Gasteiger partial charge in [0.25, 0.3) is 0 Å². The molecule has 1 saturated heterocycles. The van der Waals surface area contributed by atoms with E-state index in [4.69, 9.17) is 4.52 Å². The highest BCUT2D eigenvalue weighted by Crippen LogP contribution is 2.29. The minimum Gasteiger partial charge on any atom is -0.391 e. The van der Waals surface area contributed by atoms with Gasteiger partial charge >= 0.3 is 0 Å². The first-order valence-corrected chi connectivity index (χ1v) is 8.19. The Morgan fingerprint density at radius 3 is 2.96 bits per heavy atom. The van der Waals surface area contributed by atoms with E-state index in [9.17, 15) is 5.11 Å². The minimum atomic E-state index is -0.420. The van der Waals surface area contributed by atoms with Gasteiger partial charge in [0.05, 0.1) is 23.2 Å². The van der Waals surface area contributed by atoms with Crippen molar-refractivity contribution in [2.24, 2.45) is 5.92 Å². The van der Waals surface area contributed by atoms with E-state index in [1.165, 1.54) is 0 Å². The number of aliphatic hydroxyl groups excluding tert-OH is 1. The number of rotatable bonds is 4. The summed E-state index contributed by atoms with van der Waals surface area (Å²) in [5.74, 6) is 0.911. The maximum Gasteiger partial charge on any atom is 0.200 e. The smallest absolute Gasteiger partial charge is 0.200 e. The van der Waals surface area contributed by atoms with Crippen molar-refractivity contribution < 1.29 is 9.63 Å². The average molecular weight is 328 g/mol. The fourth-order valence-electron chi connectivity index (χ4n) is 3.29. The third kappa shape index (κ3) is 2.62. The van der Waals surface area contributed by atoms with Crippen LogP contribution in [-0.4, -0.2) is 49.3 Å². The molecule has 24 heavy (non-hydrogen) atoms. The molecule has 1 N–H and O–H groups in total. The van der Waals surface area contributed by atoms with Gasteiger partial charge in [0.2, 0.25) is 5.65 Å². The molecular weight excluding hydrogens is 308 g/mol. The van der Waals surface area contributed by atoms with Gasteiger partial charge in [0.15, 0.2) is 0 Å². The number of anilines is 1. The minimum absolute atomic E-state index is 0.0959. The second-order valence-electron chi connectivity index (χ2n) is 6.34. The molecule has 0 aliphatic carbocycles. The molecule has 4 heterocycles. The van der Waals surface area contributed by atoms with E-state index in [0.717, 1.165) is 41.4 Å². The van der Waals surface area contributed by atoms with Crippen LogP contribution in [-0.2, 0) is 12.8 Å². The highest BCUT2D eigenvalue weighted by atomic mass is 16.5. The number of aromatic nitrogens is 5. The highest BCUT2D eigenvalue weighted by Gasteiger charge is 2.33. The summed E-state index contributed by atoms with van der Waals surface area (Å²) < 4.78 is 7.00. The van der Waals surface area contributed by atoms with Crippen molar-refractivity contribution in [3.8, 4) is 0 Å². The van der Waals surface area contributed by atoms with E-state index in [1.807, 2.05) is 19.1 Å². The summed E-state index contributed by atoms with van der Waals surface area (Å²) in [6.45, 7) is 5.26. The summed E-state index contributed by atoms with van der Waals surface area (Å²) in [6.07, 6.45) is 2.70. The normalized spacial score (nSPS) is 21.0. The molecule has 1 aliphatic heterocycles. The summed E-state index contributed by atoms with van der Waals surface area (Å²) in [7, 11) is 0. The predicted molar refractivity (Wildman–Crippen MR) is 86.8 cm³/mol. The molecule has 1 aliphatic rings. The third-order valence-electron chi connectivity index (χ3n) is 4.55. The van der Waals surface area contributed by atoms with Crippen LogP contribution >= 0.6 is 0 Å². The number of β-amino-alcohol motifs (C(OH)–C–C–N with tert-alkyl or cyclic N) is 1. The Bertz CT molecular complexity index is 857. The lowest BCUT2D eigenvalue weighted by atomic mass is 10.0. The molecular formula is C16H20N6O2. The van der Waals surface area contributed by atoms with Crippen LogP contribution in [0.25, 0.3) is 5.65 Å². The lowest BCUT2D eigenvalue weighted by Gasteiger charge is -2.19. The number of aliphatic hydroxyl groups is 1. The summed E-state index contributed by atoms with van der Waals surface area (Å²) in [5.41, 5.74) is 3.52. The first-order chi connectivity index (χ1) is 11.6. The largest absolute Gasteiger partial charge is 0.391 e. The number of hydrogen-bond acceptors (Lipinski definition) is 7. The van der Waals surface area contributed by atoms with Crippen LogP contribution in [0.1, 0.15) is 24.1 Å². The zero-order valence-corrected chi connectivity index (χ0v) is 13.8. The first kappa shape index (κ1) is 15.1. The first-order valence-electron chi connectivity index (χ1n) is 8.19. The molecule has 0 unspecified atom stereocenters. The van der Waals surface area contributed by atoms with Crippen LogP contribution in [0, 0.1) is 12.8 Å². The zero-order chi connectivity index (χ0) is 16.7. The van der Waals surface area contributed by atoms with Crippen LogP contribution in [0.4, 0.5) is 5.69 Å². The Morgan fingerprint density at radius 2 is 2.21 bits per heavy atom. The van der Waals surface area contributed by atoms with Crippen molar-refractivity contribution in [3.05, 3.63) is 35.6 Å². The van der Waals surface area contributed by atoms with Gasteiger partial charge in [-0.1, -0.05) is 12.1 Å². The van der Waals surface area contributed by atoms with Crippen LogP contribution in [0.2, 0.25) is 0 Å². The van der Waals surface area contributed by atoms with Gasteiger partial charge in [0, 0.05) is 31.5 Å². The fourth-order valence-corrected chi connectivity index (χ4v) is 3.29. The Morgan fingerprint density at radius 1 is 1.33 bits per heavy atom. The Hall–Kier alpha value is -2.48. The molecule has 0 bridgehead atoms. The van der Waals surface area contributed by atoms with Crippen molar-refractivity contribution >= 4 is 11.3 Å². The number of aryl methyl sites for hydroxylation is 2. The Kier molecular flexibility index (Phi) is 3.68. The topological polar surface area (TPSA) is 92.6 Å². The second kappa shape index (κ2) is 5.86. The van der Waals surface area contributed by atoms with Gasteiger partial charge in [-0.3, -0.25) is 0 Å². The van der Waals surface area contributed by atoms with E-state index in [0.29, 0.717) is 13.0 Å².